The number of hydrogen-bond acceptors (Lipinski definition) is 7. The lowest BCUT2D eigenvalue weighted by atomic mass is 10.0. The molecule has 2 heterocycles. The lowest BCUT2D eigenvalue weighted by Gasteiger charge is -2.22. The van der Waals surface area contributed by atoms with Crippen molar-refractivity contribution in [1.29, 1.82) is 0 Å². The van der Waals surface area contributed by atoms with E-state index in [1.807, 2.05) is 49.4 Å². The van der Waals surface area contributed by atoms with Gasteiger partial charge in [-0.1, -0.05) is 42.5 Å². The van der Waals surface area contributed by atoms with Gasteiger partial charge in [0.25, 0.3) is 0 Å². The molecule has 0 aliphatic carbocycles. The molecule has 1 saturated heterocycles. The molecule has 0 bridgehead atoms. The van der Waals surface area contributed by atoms with Crippen LogP contribution in [-0.4, -0.2) is 41.7 Å². The lowest BCUT2D eigenvalue weighted by Crippen LogP contribution is -2.38. The number of rotatable bonds is 8. The van der Waals surface area contributed by atoms with Gasteiger partial charge in [0.15, 0.2) is 6.23 Å². The molecule has 10 heteroatoms. The number of ether oxygens (including phenoxy) is 2. The van der Waals surface area contributed by atoms with E-state index >= 15 is 0 Å². The molecule has 0 unspecified atom stereocenters. The summed E-state index contributed by atoms with van der Waals surface area (Å²) < 4.78 is 43.5. The highest BCUT2D eigenvalue weighted by Gasteiger charge is 2.37. The zero-order chi connectivity index (χ0) is 26.7. The molecule has 1 aromatic heterocycles. The summed E-state index contributed by atoms with van der Waals surface area (Å²) in [4.78, 5) is 15.5. The number of hydrogen-bond donors (Lipinski definition) is 1. The van der Waals surface area contributed by atoms with Crippen LogP contribution >= 0.6 is 0 Å². The number of sulfonamides is 1. The van der Waals surface area contributed by atoms with Gasteiger partial charge in [-0.25, -0.2) is 18.2 Å². The van der Waals surface area contributed by atoms with E-state index in [4.69, 9.17) is 19.0 Å². The van der Waals surface area contributed by atoms with Crippen LogP contribution in [-0.2, 0) is 21.4 Å². The van der Waals surface area contributed by atoms with Crippen LogP contribution in [0.1, 0.15) is 24.3 Å². The Morgan fingerprint density at radius 2 is 1.66 bits per heavy atom. The van der Waals surface area contributed by atoms with Crippen molar-refractivity contribution in [2.75, 3.05) is 6.54 Å². The minimum Gasteiger partial charge on any atom is -0.487 e. The van der Waals surface area contributed by atoms with E-state index < -0.39 is 22.4 Å². The van der Waals surface area contributed by atoms with Crippen LogP contribution in [0.2, 0.25) is 0 Å². The number of aryl methyl sites for hydroxylation is 1. The third-order valence-electron chi connectivity index (χ3n) is 6.33. The van der Waals surface area contributed by atoms with Gasteiger partial charge >= 0.3 is 6.16 Å². The summed E-state index contributed by atoms with van der Waals surface area (Å²) in [5, 5.41) is 8.89. The number of benzene rings is 3. The third kappa shape index (κ3) is 5.41. The summed E-state index contributed by atoms with van der Waals surface area (Å²) in [6.45, 7) is 2.15. The first-order valence-electron chi connectivity index (χ1n) is 12.1. The number of carboxylic acid groups (broad SMARTS) is 1. The summed E-state index contributed by atoms with van der Waals surface area (Å²) in [5.41, 5.74) is 3.71. The molecule has 5 rings (SSSR count). The molecule has 1 N–H and O–H groups in total. The maximum atomic E-state index is 13.0. The molecular weight excluding hydrogens is 508 g/mol. The molecule has 1 aliphatic rings. The van der Waals surface area contributed by atoms with Crippen LogP contribution in [0.3, 0.4) is 0 Å². The Balaban J connectivity index is 1.24. The van der Waals surface area contributed by atoms with Gasteiger partial charge in [0, 0.05) is 18.5 Å². The van der Waals surface area contributed by atoms with Gasteiger partial charge in [-0.3, -0.25) is 0 Å². The second-order valence-electron chi connectivity index (χ2n) is 8.82. The van der Waals surface area contributed by atoms with E-state index in [9.17, 15) is 13.2 Å². The summed E-state index contributed by atoms with van der Waals surface area (Å²) in [6.07, 6.45) is -1.68. The van der Waals surface area contributed by atoms with Crippen LogP contribution in [0.25, 0.3) is 22.6 Å². The van der Waals surface area contributed by atoms with Crippen molar-refractivity contribution in [3.63, 3.8) is 0 Å². The highest BCUT2D eigenvalue weighted by molar-refractivity contribution is 7.89. The van der Waals surface area contributed by atoms with Gasteiger partial charge in [-0.15, -0.1) is 0 Å². The molecule has 0 spiro atoms. The zero-order valence-corrected chi connectivity index (χ0v) is 21.4. The van der Waals surface area contributed by atoms with E-state index in [2.05, 4.69) is 17.1 Å². The number of aromatic nitrogens is 1. The van der Waals surface area contributed by atoms with Gasteiger partial charge in [0.2, 0.25) is 15.9 Å². The van der Waals surface area contributed by atoms with Crippen LogP contribution < -0.4 is 4.74 Å². The minimum atomic E-state index is -3.91. The van der Waals surface area contributed by atoms with Crippen LogP contribution in [0, 0.1) is 6.92 Å². The fourth-order valence-electron chi connectivity index (χ4n) is 4.33. The topological polar surface area (TPSA) is 119 Å². The Hall–Kier alpha value is -4.15. The third-order valence-corrected chi connectivity index (χ3v) is 8.23. The van der Waals surface area contributed by atoms with Crippen molar-refractivity contribution in [1.82, 2.24) is 9.29 Å². The molecule has 1 atom stereocenters. The van der Waals surface area contributed by atoms with E-state index in [1.54, 1.807) is 12.1 Å². The molecule has 0 amide bonds. The Kier molecular flexibility index (Phi) is 7.17. The van der Waals surface area contributed by atoms with Crippen molar-refractivity contribution in [3.8, 4) is 28.3 Å². The number of nitrogens with zero attached hydrogens (tertiary/aromatic N) is 2. The summed E-state index contributed by atoms with van der Waals surface area (Å²) in [6, 6.07) is 24.0. The lowest BCUT2D eigenvalue weighted by molar-refractivity contribution is 0.0170. The van der Waals surface area contributed by atoms with Gasteiger partial charge < -0.3 is 19.0 Å². The van der Waals surface area contributed by atoms with Crippen molar-refractivity contribution >= 4 is 16.2 Å². The molecule has 0 radical (unpaired) electrons. The number of carbonyl (C=O) groups is 1. The molecule has 38 heavy (non-hydrogen) atoms. The van der Waals surface area contributed by atoms with Gasteiger partial charge in [-0.05, 0) is 60.9 Å². The van der Waals surface area contributed by atoms with Crippen molar-refractivity contribution in [2.45, 2.75) is 37.5 Å². The Bertz CT molecular complexity index is 1520. The Morgan fingerprint density at radius 1 is 1.00 bits per heavy atom. The van der Waals surface area contributed by atoms with Gasteiger partial charge in [0.05, 0.1) is 4.90 Å². The Morgan fingerprint density at radius 3 is 2.34 bits per heavy atom. The highest BCUT2D eigenvalue weighted by Crippen LogP contribution is 2.29. The molecule has 1 fully saturated rings. The molecule has 0 saturated carbocycles. The SMILES string of the molecule is Cc1oc(-c2ccc(-c3ccccc3)cc2)nc1COc1ccc(S(=O)(=O)N2CCC[C@H]2OC(=O)O)cc1. The van der Waals surface area contributed by atoms with Crippen LogP contribution in [0.5, 0.6) is 5.75 Å². The number of oxazole rings is 1. The van der Waals surface area contributed by atoms with Crippen LogP contribution in [0.4, 0.5) is 4.79 Å². The van der Waals surface area contributed by atoms with E-state index in [-0.39, 0.29) is 18.0 Å². The predicted molar refractivity (Wildman–Crippen MR) is 139 cm³/mol. The maximum Gasteiger partial charge on any atom is 0.507 e. The highest BCUT2D eigenvalue weighted by atomic mass is 32.2. The van der Waals surface area contributed by atoms with E-state index in [1.165, 1.54) is 12.1 Å². The largest absolute Gasteiger partial charge is 0.507 e. The minimum absolute atomic E-state index is 0.0320. The van der Waals surface area contributed by atoms with Crippen molar-refractivity contribution in [2.24, 2.45) is 0 Å². The first-order chi connectivity index (χ1) is 18.3. The molecule has 1 aliphatic heterocycles. The molecule has 3 aromatic carbocycles. The van der Waals surface area contributed by atoms with Gasteiger partial charge in [-0.2, -0.15) is 4.31 Å². The first kappa shape index (κ1) is 25.5. The fourth-order valence-corrected chi connectivity index (χ4v) is 5.91. The molecular formula is C28H26N2O7S. The fraction of sp³-hybridized carbons (Fsp3) is 0.214. The quantitative estimate of drug-likeness (QED) is 0.286. The van der Waals surface area contributed by atoms with Crippen molar-refractivity contribution < 1.29 is 32.2 Å². The second kappa shape index (κ2) is 10.7. The van der Waals surface area contributed by atoms with Gasteiger partial charge in [0.1, 0.15) is 23.8 Å². The standard InChI is InChI=1S/C28H26N2O7S/c1-19-25(29-27(36-19)22-11-9-21(10-12-22)20-6-3-2-4-7-20)18-35-23-13-15-24(16-14-23)38(33,34)30-17-5-8-26(30)37-28(31)32/h2-4,6-7,9-16,26H,5,8,17-18H2,1H3,(H,31,32)/t26-/m1/s1. The average Bonchev–Trinajstić information content (AvgIpc) is 3.54. The first-order valence-corrected chi connectivity index (χ1v) is 13.5. The monoisotopic (exact) mass is 534 g/mol. The predicted octanol–water partition coefficient (Wildman–Crippen LogP) is 5.70. The average molecular weight is 535 g/mol. The summed E-state index contributed by atoms with van der Waals surface area (Å²) in [5.74, 6) is 1.58. The van der Waals surface area contributed by atoms with E-state index in [0.29, 0.717) is 35.9 Å². The molecule has 9 nitrogen and oxygen atoms in total. The molecule has 196 valence electrons. The summed E-state index contributed by atoms with van der Waals surface area (Å²) >= 11 is 0. The smallest absolute Gasteiger partial charge is 0.487 e. The normalized spacial score (nSPS) is 15.9. The van der Waals surface area contributed by atoms with Crippen molar-refractivity contribution in [3.05, 3.63) is 90.3 Å². The summed E-state index contributed by atoms with van der Waals surface area (Å²) in [7, 11) is -3.91. The maximum absolute atomic E-state index is 13.0. The zero-order valence-electron chi connectivity index (χ0n) is 20.6. The Labute approximate surface area is 220 Å². The molecule has 4 aromatic rings. The van der Waals surface area contributed by atoms with E-state index in [0.717, 1.165) is 21.0 Å². The second-order valence-corrected chi connectivity index (χ2v) is 10.7. The van der Waals surface area contributed by atoms with Crippen LogP contribution in [0.15, 0.2) is 88.2 Å².